The van der Waals surface area contributed by atoms with Crippen LogP contribution in [0.5, 0.6) is 0 Å². The summed E-state index contributed by atoms with van der Waals surface area (Å²) in [6.07, 6.45) is -4.74. The number of nitrogens with two attached hydrogens (primary N) is 1. The highest BCUT2D eigenvalue weighted by molar-refractivity contribution is 5.79. The number of nitrogens with zero attached hydrogens (tertiary/aromatic N) is 2. The van der Waals surface area contributed by atoms with Crippen molar-refractivity contribution in [2.24, 2.45) is 5.73 Å². The number of aliphatic hydroxyl groups excluding tert-OH is 1. The maximum atomic E-state index is 13.0. The summed E-state index contributed by atoms with van der Waals surface area (Å²) >= 11 is 0. The van der Waals surface area contributed by atoms with Crippen LogP contribution in [-0.4, -0.2) is 40.4 Å². The van der Waals surface area contributed by atoms with Gasteiger partial charge in [-0.3, -0.25) is 4.79 Å². The van der Waals surface area contributed by atoms with Crippen LogP contribution in [0.15, 0.2) is 36.4 Å². The molecule has 2 atom stereocenters. The van der Waals surface area contributed by atoms with Crippen molar-refractivity contribution in [2.75, 3.05) is 6.67 Å². The van der Waals surface area contributed by atoms with Crippen molar-refractivity contribution in [3.8, 4) is 11.3 Å². The zero-order valence-electron chi connectivity index (χ0n) is 13.1. The van der Waals surface area contributed by atoms with Crippen molar-refractivity contribution >= 4 is 5.91 Å². The number of nitrogens with one attached hydrogen (secondary N) is 1. The van der Waals surface area contributed by atoms with Gasteiger partial charge in [-0.2, -0.15) is 19.0 Å². The van der Waals surface area contributed by atoms with Gasteiger partial charge in [0.2, 0.25) is 0 Å². The molecule has 0 aliphatic carbocycles. The van der Waals surface area contributed by atoms with Gasteiger partial charge >= 0.3 is 6.43 Å². The second kappa shape index (κ2) is 8.54. The van der Waals surface area contributed by atoms with Gasteiger partial charge in [-0.05, 0) is 17.7 Å². The molecule has 134 valence electrons. The first-order chi connectivity index (χ1) is 12.0. The highest BCUT2D eigenvalue weighted by Crippen LogP contribution is 2.22. The molecular weight excluding hydrogens is 337 g/mol. The molecule has 4 N–H and O–H groups in total. The van der Waals surface area contributed by atoms with Gasteiger partial charge < -0.3 is 16.2 Å². The van der Waals surface area contributed by atoms with E-state index in [1.807, 2.05) is 0 Å². The van der Waals surface area contributed by atoms with Crippen LogP contribution in [0.3, 0.4) is 0 Å². The maximum Gasteiger partial charge on any atom is 0.315 e. The number of aliphatic hydroxyl groups is 1. The number of carbonyl (C=O) groups is 1. The van der Waals surface area contributed by atoms with Crippen LogP contribution in [0.4, 0.5) is 13.2 Å². The molecule has 0 fully saturated rings. The van der Waals surface area contributed by atoms with E-state index in [0.717, 1.165) is 0 Å². The average Bonchev–Trinajstić information content (AvgIpc) is 2.65. The van der Waals surface area contributed by atoms with Crippen molar-refractivity contribution in [1.82, 2.24) is 15.5 Å². The van der Waals surface area contributed by atoms with Gasteiger partial charge in [0.25, 0.3) is 5.91 Å². The summed E-state index contributed by atoms with van der Waals surface area (Å²) < 4.78 is 37.5. The van der Waals surface area contributed by atoms with E-state index in [1.54, 1.807) is 29.6 Å². The van der Waals surface area contributed by atoms with E-state index in [4.69, 9.17) is 5.73 Å². The van der Waals surface area contributed by atoms with E-state index in [2.05, 4.69) is 10.2 Å². The van der Waals surface area contributed by atoms with Crippen molar-refractivity contribution in [3.63, 3.8) is 0 Å². The van der Waals surface area contributed by atoms with Crippen LogP contribution >= 0.6 is 0 Å². The standard InChI is InChI=1S/C16H17F3N4O2/c17-7-13(21-16(25)15(18)19)14(24)10-3-1-9(2-4-10)12-6-5-11(8-20)22-23-12/h1-6,13-15,24H,7-8,20H2,(H,21,25). The largest absolute Gasteiger partial charge is 0.386 e. The summed E-state index contributed by atoms with van der Waals surface area (Å²) in [4.78, 5) is 11.0. The number of amides is 1. The normalized spacial score (nSPS) is 13.5. The molecule has 9 heteroatoms. The molecule has 0 saturated heterocycles. The Balaban J connectivity index is 2.12. The fourth-order valence-electron chi connectivity index (χ4n) is 2.15. The lowest BCUT2D eigenvalue weighted by molar-refractivity contribution is -0.133. The van der Waals surface area contributed by atoms with E-state index < -0.39 is 31.2 Å². The fraction of sp³-hybridized carbons (Fsp3) is 0.312. The smallest absolute Gasteiger partial charge is 0.315 e. The highest BCUT2D eigenvalue weighted by atomic mass is 19.3. The number of hydrogen-bond acceptors (Lipinski definition) is 5. The number of aromatic nitrogens is 2. The molecule has 1 aromatic carbocycles. The molecule has 25 heavy (non-hydrogen) atoms. The Bertz CT molecular complexity index is 696. The highest BCUT2D eigenvalue weighted by Gasteiger charge is 2.26. The summed E-state index contributed by atoms with van der Waals surface area (Å²) in [5, 5.41) is 19.8. The third-order valence-electron chi connectivity index (χ3n) is 3.55. The minimum atomic E-state index is -3.28. The molecule has 2 aromatic rings. The lowest BCUT2D eigenvalue weighted by Gasteiger charge is -2.21. The molecule has 1 amide bonds. The number of hydrogen-bond donors (Lipinski definition) is 3. The van der Waals surface area contributed by atoms with Gasteiger partial charge in [-0.15, -0.1) is 0 Å². The Morgan fingerprint density at radius 3 is 2.32 bits per heavy atom. The topological polar surface area (TPSA) is 101 Å². The monoisotopic (exact) mass is 354 g/mol. The van der Waals surface area contributed by atoms with Crippen LogP contribution in [0.2, 0.25) is 0 Å². The lowest BCUT2D eigenvalue weighted by atomic mass is 10.0. The summed E-state index contributed by atoms with van der Waals surface area (Å²) in [5.41, 5.74) is 7.62. The number of carbonyl (C=O) groups excluding carboxylic acids is 1. The molecule has 0 aliphatic rings. The molecule has 6 nitrogen and oxygen atoms in total. The van der Waals surface area contributed by atoms with Gasteiger partial charge in [0.05, 0.1) is 17.4 Å². The molecule has 0 spiro atoms. The molecular formula is C16H17F3N4O2. The second-order valence-corrected chi connectivity index (χ2v) is 5.25. The second-order valence-electron chi connectivity index (χ2n) is 5.25. The van der Waals surface area contributed by atoms with Gasteiger partial charge in [0.1, 0.15) is 12.8 Å². The van der Waals surface area contributed by atoms with Crippen LogP contribution in [0.1, 0.15) is 17.4 Å². The molecule has 1 heterocycles. The first-order valence-corrected chi connectivity index (χ1v) is 7.41. The Morgan fingerprint density at radius 2 is 1.84 bits per heavy atom. The molecule has 0 bridgehead atoms. The number of benzene rings is 1. The predicted octanol–water partition coefficient (Wildman–Crippen LogP) is 1.36. The SMILES string of the molecule is NCc1ccc(-c2ccc(C(O)C(CF)NC(=O)C(F)F)cc2)nn1. The van der Waals surface area contributed by atoms with E-state index in [0.29, 0.717) is 17.0 Å². The molecule has 1 aromatic heterocycles. The summed E-state index contributed by atoms with van der Waals surface area (Å²) in [7, 11) is 0. The average molecular weight is 354 g/mol. The summed E-state index contributed by atoms with van der Waals surface area (Å²) in [6, 6.07) is 8.23. The first-order valence-electron chi connectivity index (χ1n) is 7.41. The quantitative estimate of drug-likeness (QED) is 0.697. The van der Waals surface area contributed by atoms with E-state index in [-0.39, 0.29) is 12.1 Å². The molecule has 0 saturated carbocycles. The third kappa shape index (κ3) is 4.74. The van der Waals surface area contributed by atoms with Crippen LogP contribution in [0.25, 0.3) is 11.3 Å². The zero-order valence-corrected chi connectivity index (χ0v) is 13.1. The van der Waals surface area contributed by atoms with E-state index >= 15 is 0 Å². The van der Waals surface area contributed by atoms with Crippen LogP contribution < -0.4 is 11.1 Å². The van der Waals surface area contributed by atoms with Gasteiger partial charge in [-0.1, -0.05) is 24.3 Å². The summed E-state index contributed by atoms with van der Waals surface area (Å²) in [6.45, 7) is -0.916. The Hall–Kier alpha value is -2.52. The van der Waals surface area contributed by atoms with Crippen LogP contribution in [0, 0.1) is 0 Å². The van der Waals surface area contributed by atoms with Crippen molar-refractivity contribution in [2.45, 2.75) is 25.1 Å². The Kier molecular flexibility index (Phi) is 6.43. The predicted molar refractivity (Wildman–Crippen MR) is 84.2 cm³/mol. The molecule has 0 radical (unpaired) electrons. The molecule has 2 unspecified atom stereocenters. The third-order valence-corrected chi connectivity index (χ3v) is 3.55. The number of halogens is 3. The minimum absolute atomic E-state index is 0.271. The minimum Gasteiger partial charge on any atom is -0.386 e. The fourth-order valence-corrected chi connectivity index (χ4v) is 2.15. The zero-order chi connectivity index (χ0) is 18.4. The first kappa shape index (κ1) is 18.8. The Morgan fingerprint density at radius 1 is 1.16 bits per heavy atom. The molecule has 2 rings (SSSR count). The number of rotatable bonds is 7. The summed E-state index contributed by atoms with van der Waals surface area (Å²) in [5.74, 6) is -1.63. The van der Waals surface area contributed by atoms with E-state index in [9.17, 15) is 23.1 Å². The molecule has 0 aliphatic heterocycles. The van der Waals surface area contributed by atoms with E-state index in [1.165, 1.54) is 12.1 Å². The van der Waals surface area contributed by atoms with Gasteiger partial charge in [-0.25, -0.2) is 4.39 Å². The van der Waals surface area contributed by atoms with Crippen LogP contribution in [-0.2, 0) is 11.3 Å². The van der Waals surface area contributed by atoms with Crippen molar-refractivity contribution in [1.29, 1.82) is 0 Å². The maximum absolute atomic E-state index is 13.0. The van der Waals surface area contributed by atoms with Crippen molar-refractivity contribution in [3.05, 3.63) is 47.7 Å². The lowest BCUT2D eigenvalue weighted by Crippen LogP contribution is -2.43. The Labute approximate surface area is 141 Å². The van der Waals surface area contributed by atoms with Gasteiger partial charge in [0.15, 0.2) is 0 Å². The van der Waals surface area contributed by atoms with Crippen molar-refractivity contribution < 1.29 is 23.1 Å². The number of alkyl halides is 3. The van der Waals surface area contributed by atoms with Gasteiger partial charge in [0, 0.05) is 12.1 Å².